The highest BCUT2D eigenvalue weighted by Crippen LogP contribution is 2.32. The summed E-state index contributed by atoms with van der Waals surface area (Å²) in [6, 6.07) is 10.2. The second-order valence-corrected chi connectivity index (χ2v) is 9.04. The third kappa shape index (κ3) is 6.80. The van der Waals surface area contributed by atoms with Gasteiger partial charge in [0.15, 0.2) is 0 Å². The van der Waals surface area contributed by atoms with Gasteiger partial charge in [0.25, 0.3) is 5.91 Å². The summed E-state index contributed by atoms with van der Waals surface area (Å²) in [7, 11) is 1.67. The number of hydrogen-bond acceptors (Lipinski definition) is 7. The number of methoxy groups -OCH3 is 1. The highest BCUT2D eigenvalue weighted by molar-refractivity contribution is 5.92. The van der Waals surface area contributed by atoms with Gasteiger partial charge in [-0.3, -0.25) is 9.69 Å². The maximum absolute atomic E-state index is 12.6. The normalized spacial score (nSPS) is 21.2. The van der Waals surface area contributed by atoms with Gasteiger partial charge < -0.3 is 19.9 Å². The highest BCUT2D eigenvalue weighted by atomic mass is 16.5. The molecule has 2 aromatic rings. The van der Waals surface area contributed by atoms with Gasteiger partial charge in [-0.15, -0.1) is 0 Å². The van der Waals surface area contributed by atoms with Crippen LogP contribution in [0.15, 0.2) is 36.7 Å². The molecule has 0 bridgehead atoms. The molecule has 1 saturated carbocycles. The molecular weight excluding hydrogens is 420 g/mol. The Labute approximate surface area is 195 Å². The fourth-order valence-corrected chi connectivity index (χ4v) is 4.58. The third-order valence-electron chi connectivity index (χ3n) is 6.46. The lowest BCUT2D eigenvalue weighted by molar-refractivity contribution is -0.0472. The lowest BCUT2D eigenvalue weighted by Crippen LogP contribution is -2.42. The van der Waals surface area contributed by atoms with Crippen molar-refractivity contribution in [1.82, 2.24) is 20.2 Å². The summed E-state index contributed by atoms with van der Waals surface area (Å²) < 4.78 is 10.7. The number of ether oxygens (including phenoxy) is 2. The molecule has 1 amide bonds. The van der Waals surface area contributed by atoms with Crippen molar-refractivity contribution in [3.05, 3.63) is 59.2 Å². The number of aliphatic hydroxyl groups excluding tert-OH is 1. The molecule has 2 N–H and O–H groups in total. The number of β-amino-alcohol motifs (C(OH)–C–C–N with tert-alkyl or cyclic N) is 1. The molecule has 0 spiro atoms. The summed E-state index contributed by atoms with van der Waals surface area (Å²) in [5, 5.41) is 13.3. The first-order valence-electron chi connectivity index (χ1n) is 11.8. The number of amides is 1. The van der Waals surface area contributed by atoms with Crippen LogP contribution in [0.2, 0.25) is 0 Å². The maximum atomic E-state index is 12.6. The van der Waals surface area contributed by atoms with Crippen LogP contribution in [0.4, 0.5) is 0 Å². The minimum atomic E-state index is -0.634. The zero-order valence-corrected chi connectivity index (χ0v) is 19.3. The fourth-order valence-electron chi connectivity index (χ4n) is 4.58. The van der Waals surface area contributed by atoms with Gasteiger partial charge in [-0.25, -0.2) is 9.97 Å². The molecule has 0 radical (unpaired) electrons. The molecule has 1 aromatic carbocycles. The number of benzene rings is 1. The molecular formula is C25H34N4O4. The van der Waals surface area contributed by atoms with Crippen molar-refractivity contribution < 1.29 is 19.4 Å². The van der Waals surface area contributed by atoms with Crippen LogP contribution in [-0.2, 0) is 28.9 Å². The van der Waals surface area contributed by atoms with E-state index >= 15 is 0 Å². The van der Waals surface area contributed by atoms with Crippen molar-refractivity contribution >= 4 is 5.91 Å². The number of nitrogens with zero attached hydrogens (tertiary/aromatic N) is 3. The molecule has 0 saturated heterocycles. The van der Waals surface area contributed by atoms with Gasteiger partial charge in [-0.1, -0.05) is 24.3 Å². The summed E-state index contributed by atoms with van der Waals surface area (Å²) in [5.41, 5.74) is 3.90. The van der Waals surface area contributed by atoms with Crippen molar-refractivity contribution in [3.63, 3.8) is 0 Å². The van der Waals surface area contributed by atoms with E-state index in [1.54, 1.807) is 13.2 Å². The van der Waals surface area contributed by atoms with Crippen molar-refractivity contribution in [1.29, 1.82) is 0 Å². The first-order valence-corrected chi connectivity index (χ1v) is 11.8. The Kier molecular flexibility index (Phi) is 8.39. The quantitative estimate of drug-likeness (QED) is 0.498. The summed E-state index contributed by atoms with van der Waals surface area (Å²) >= 11 is 0. The minimum absolute atomic E-state index is 0.194. The highest BCUT2D eigenvalue weighted by Gasteiger charge is 2.30. The van der Waals surface area contributed by atoms with E-state index < -0.39 is 6.10 Å². The molecule has 8 nitrogen and oxygen atoms in total. The Morgan fingerprint density at radius 3 is 2.88 bits per heavy atom. The van der Waals surface area contributed by atoms with Crippen LogP contribution in [0.3, 0.4) is 0 Å². The molecule has 4 rings (SSSR count). The number of nitrogens with one attached hydrogen (secondary N) is 1. The van der Waals surface area contributed by atoms with Crippen LogP contribution < -0.4 is 5.32 Å². The average Bonchev–Trinajstić information content (AvgIpc) is 2.81. The second kappa shape index (κ2) is 11.7. The summed E-state index contributed by atoms with van der Waals surface area (Å²) in [4.78, 5) is 23.2. The molecule has 0 unspecified atom stereocenters. The van der Waals surface area contributed by atoms with E-state index in [0.717, 1.165) is 44.5 Å². The topological polar surface area (TPSA) is 96.8 Å². The van der Waals surface area contributed by atoms with E-state index in [4.69, 9.17) is 9.47 Å². The first-order chi connectivity index (χ1) is 16.1. The third-order valence-corrected chi connectivity index (χ3v) is 6.46. The Balaban J connectivity index is 1.18. The van der Waals surface area contributed by atoms with Crippen LogP contribution in [0.5, 0.6) is 0 Å². The molecule has 1 atom stereocenters. The molecule has 1 fully saturated rings. The van der Waals surface area contributed by atoms with E-state index in [0.29, 0.717) is 37.5 Å². The molecule has 178 valence electrons. The molecule has 1 aliphatic carbocycles. The van der Waals surface area contributed by atoms with Crippen molar-refractivity contribution in [2.24, 2.45) is 5.92 Å². The van der Waals surface area contributed by atoms with Gasteiger partial charge in [0.1, 0.15) is 12.0 Å². The van der Waals surface area contributed by atoms with E-state index in [1.807, 2.05) is 0 Å². The number of carbonyl (C=O) groups excluding carboxylic acids is 1. The first kappa shape index (κ1) is 23.8. The number of hydrogen-bond donors (Lipinski definition) is 2. The lowest BCUT2D eigenvalue weighted by Gasteiger charge is -2.35. The van der Waals surface area contributed by atoms with Crippen LogP contribution >= 0.6 is 0 Å². The van der Waals surface area contributed by atoms with Crippen LogP contribution in [0, 0.1) is 5.92 Å². The molecule has 2 aliphatic rings. The summed E-state index contributed by atoms with van der Waals surface area (Å²) in [6.45, 7) is 3.71. The van der Waals surface area contributed by atoms with Crippen molar-refractivity contribution in [2.45, 2.75) is 44.4 Å². The Bertz CT molecular complexity index is 919. The molecule has 2 heterocycles. The molecule has 8 heteroatoms. The smallest absolute Gasteiger partial charge is 0.270 e. The van der Waals surface area contributed by atoms with E-state index in [1.165, 1.54) is 17.5 Å². The number of fused-ring (bicyclic) bond motifs is 1. The maximum Gasteiger partial charge on any atom is 0.270 e. The summed E-state index contributed by atoms with van der Waals surface area (Å²) in [6.07, 6.45) is 4.91. The average molecular weight is 455 g/mol. The number of rotatable bonds is 11. The predicted octanol–water partition coefficient (Wildman–Crippen LogP) is 1.61. The van der Waals surface area contributed by atoms with Crippen molar-refractivity contribution in [2.75, 3.05) is 40.0 Å². The molecule has 1 aromatic heterocycles. The second-order valence-electron chi connectivity index (χ2n) is 9.04. The Morgan fingerprint density at radius 1 is 1.24 bits per heavy atom. The molecule has 1 aliphatic heterocycles. The predicted molar refractivity (Wildman–Crippen MR) is 124 cm³/mol. The standard InChI is InChI=1S/C25H34N4O4/c1-32-8-9-33-23-11-18(12-23)10-21-13-24(28-17-27-21)25(31)26-14-22(30)16-29-7-6-19-4-2-3-5-20(19)15-29/h2-5,13,17-18,22-23,30H,6-12,14-16H2,1H3,(H,26,31)/t18?,22-,23?/m0/s1. The van der Waals surface area contributed by atoms with Gasteiger partial charge in [0.2, 0.25) is 0 Å². The number of aliphatic hydroxyl groups is 1. The largest absolute Gasteiger partial charge is 0.390 e. The van der Waals surface area contributed by atoms with Crippen LogP contribution in [0.1, 0.15) is 40.2 Å². The van der Waals surface area contributed by atoms with Crippen LogP contribution in [0.25, 0.3) is 0 Å². The van der Waals surface area contributed by atoms with E-state index in [-0.39, 0.29) is 12.5 Å². The Hall–Kier alpha value is -2.39. The number of aromatic nitrogens is 2. The van der Waals surface area contributed by atoms with Gasteiger partial charge >= 0.3 is 0 Å². The van der Waals surface area contributed by atoms with E-state index in [2.05, 4.69) is 44.5 Å². The van der Waals surface area contributed by atoms with E-state index in [9.17, 15) is 9.90 Å². The minimum Gasteiger partial charge on any atom is -0.390 e. The SMILES string of the molecule is COCCOC1CC(Cc2cc(C(=O)NC[C@H](O)CN3CCc4ccccc4C3)ncn2)C1. The summed E-state index contributed by atoms with van der Waals surface area (Å²) in [5.74, 6) is 0.232. The van der Waals surface area contributed by atoms with Gasteiger partial charge in [-0.05, 0) is 48.8 Å². The number of carbonyl (C=O) groups is 1. The zero-order valence-electron chi connectivity index (χ0n) is 19.3. The zero-order chi connectivity index (χ0) is 23.0. The monoisotopic (exact) mass is 454 g/mol. The van der Waals surface area contributed by atoms with Gasteiger partial charge in [-0.2, -0.15) is 0 Å². The Morgan fingerprint density at radius 2 is 2.06 bits per heavy atom. The van der Waals surface area contributed by atoms with Gasteiger partial charge in [0, 0.05) is 39.0 Å². The lowest BCUT2D eigenvalue weighted by atomic mass is 9.79. The van der Waals surface area contributed by atoms with Crippen LogP contribution in [-0.4, -0.2) is 78.0 Å². The van der Waals surface area contributed by atoms with Gasteiger partial charge in [0.05, 0.1) is 25.4 Å². The fraction of sp³-hybridized carbons (Fsp3) is 0.560. The molecule has 33 heavy (non-hydrogen) atoms. The van der Waals surface area contributed by atoms with Crippen molar-refractivity contribution in [3.8, 4) is 0 Å².